The van der Waals surface area contributed by atoms with Gasteiger partial charge in [-0.1, -0.05) is 0 Å². The predicted octanol–water partition coefficient (Wildman–Crippen LogP) is 1.90. The number of ether oxygens (including phenoxy) is 1. The van der Waals surface area contributed by atoms with Crippen LogP contribution < -0.4 is 5.32 Å². The zero-order valence-corrected chi connectivity index (χ0v) is 14.6. The van der Waals surface area contributed by atoms with Crippen molar-refractivity contribution in [2.45, 2.75) is 39.2 Å². The van der Waals surface area contributed by atoms with Gasteiger partial charge in [0.1, 0.15) is 11.3 Å². The summed E-state index contributed by atoms with van der Waals surface area (Å²) in [5, 5.41) is 3.16. The summed E-state index contributed by atoms with van der Waals surface area (Å²) in [6, 6.07) is 0. The van der Waals surface area contributed by atoms with Crippen molar-refractivity contribution in [1.82, 2.24) is 20.2 Å². The molecule has 1 aliphatic heterocycles. The van der Waals surface area contributed by atoms with Crippen molar-refractivity contribution in [2.75, 3.05) is 26.2 Å². The van der Waals surface area contributed by atoms with Crippen LogP contribution in [0.25, 0.3) is 0 Å². The molecule has 1 unspecified atom stereocenters. The van der Waals surface area contributed by atoms with Crippen molar-refractivity contribution in [3.05, 3.63) is 24.3 Å². The number of carbonyl (C=O) groups is 2. The van der Waals surface area contributed by atoms with E-state index in [1.807, 2.05) is 20.8 Å². The Morgan fingerprint density at radius 3 is 2.83 bits per heavy atom. The molecule has 7 nitrogen and oxygen atoms in total. The van der Waals surface area contributed by atoms with Crippen molar-refractivity contribution in [1.29, 1.82) is 0 Å². The summed E-state index contributed by atoms with van der Waals surface area (Å²) in [5.74, 6) is 0.240. The number of hydrogen-bond acceptors (Lipinski definition) is 6. The number of piperidine rings is 1. The fourth-order valence-electron chi connectivity index (χ4n) is 2.65. The van der Waals surface area contributed by atoms with Crippen LogP contribution in [-0.4, -0.2) is 58.5 Å². The van der Waals surface area contributed by atoms with E-state index in [0.29, 0.717) is 24.7 Å². The molecule has 1 aromatic rings. The zero-order valence-electron chi connectivity index (χ0n) is 14.6. The minimum atomic E-state index is -0.481. The summed E-state index contributed by atoms with van der Waals surface area (Å²) in [6.07, 6.45) is 6.23. The monoisotopic (exact) mass is 334 g/mol. The number of nitrogens with zero attached hydrogens (tertiary/aromatic N) is 3. The van der Waals surface area contributed by atoms with Crippen molar-refractivity contribution in [2.24, 2.45) is 5.92 Å². The molecule has 0 aromatic carbocycles. The number of hydrogen-bond donors (Lipinski definition) is 1. The zero-order chi connectivity index (χ0) is 17.6. The Kier molecular flexibility index (Phi) is 6.25. The summed E-state index contributed by atoms with van der Waals surface area (Å²) in [4.78, 5) is 33.7. The van der Waals surface area contributed by atoms with E-state index in [1.54, 1.807) is 4.90 Å². The number of likely N-dealkylation sites (tertiary alicyclic amines) is 1. The van der Waals surface area contributed by atoms with Gasteiger partial charge >= 0.3 is 6.09 Å². The fraction of sp³-hybridized carbons (Fsp3) is 0.647. The highest BCUT2D eigenvalue weighted by Crippen LogP contribution is 2.18. The molecule has 0 aliphatic carbocycles. The Hall–Kier alpha value is -2.02. The van der Waals surface area contributed by atoms with Gasteiger partial charge in [0.05, 0.1) is 12.7 Å². The molecule has 0 saturated carbocycles. The van der Waals surface area contributed by atoms with Gasteiger partial charge in [0, 0.05) is 32.0 Å². The van der Waals surface area contributed by atoms with Gasteiger partial charge in [0.15, 0.2) is 5.78 Å². The van der Waals surface area contributed by atoms with Gasteiger partial charge in [-0.3, -0.25) is 9.78 Å². The van der Waals surface area contributed by atoms with Gasteiger partial charge in [-0.2, -0.15) is 0 Å². The fourth-order valence-corrected chi connectivity index (χ4v) is 2.65. The molecule has 2 heterocycles. The second-order valence-corrected chi connectivity index (χ2v) is 7.08. The lowest BCUT2D eigenvalue weighted by Gasteiger charge is -2.34. The van der Waals surface area contributed by atoms with E-state index in [0.717, 1.165) is 19.4 Å². The Labute approximate surface area is 142 Å². The average molecular weight is 334 g/mol. The van der Waals surface area contributed by atoms with Crippen LogP contribution in [0, 0.1) is 5.92 Å². The number of amides is 1. The lowest BCUT2D eigenvalue weighted by Crippen LogP contribution is -2.45. The largest absolute Gasteiger partial charge is 0.444 e. The van der Waals surface area contributed by atoms with E-state index < -0.39 is 5.60 Å². The van der Waals surface area contributed by atoms with E-state index in [1.165, 1.54) is 18.6 Å². The van der Waals surface area contributed by atoms with E-state index in [-0.39, 0.29) is 18.4 Å². The normalized spacial score (nSPS) is 18.3. The molecular formula is C17H26N4O3. The molecule has 1 amide bonds. The summed E-state index contributed by atoms with van der Waals surface area (Å²) in [6.45, 7) is 7.89. The molecule has 0 spiro atoms. The van der Waals surface area contributed by atoms with Gasteiger partial charge < -0.3 is 15.0 Å². The lowest BCUT2D eigenvalue weighted by atomic mass is 9.98. The minimum Gasteiger partial charge on any atom is -0.444 e. The number of carbonyl (C=O) groups excluding carboxylic acids is 2. The van der Waals surface area contributed by atoms with Crippen LogP contribution in [0.15, 0.2) is 18.6 Å². The molecule has 1 aliphatic rings. The van der Waals surface area contributed by atoms with E-state index in [2.05, 4.69) is 15.3 Å². The number of nitrogens with one attached hydrogen (secondary N) is 1. The third-order valence-electron chi connectivity index (χ3n) is 3.74. The molecule has 24 heavy (non-hydrogen) atoms. The maximum atomic E-state index is 12.1. The average Bonchev–Trinajstić information content (AvgIpc) is 2.54. The van der Waals surface area contributed by atoms with E-state index in [9.17, 15) is 9.59 Å². The third kappa shape index (κ3) is 5.88. The third-order valence-corrected chi connectivity index (χ3v) is 3.74. The molecule has 132 valence electrons. The van der Waals surface area contributed by atoms with Gasteiger partial charge in [-0.25, -0.2) is 9.78 Å². The number of Topliss-reactive ketones (excluding diaryl/α,β-unsaturated/α-hetero) is 1. The highest BCUT2D eigenvalue weighted by Gasteiger charge is 2.27. The smallest absolute Gasteiger partial charge is 0.410 e. The van der Waals surface area contributed by atoms with Gasteiger partial charge in [0.2, 0.25) is 0 Å². The molecule has 7 heteroatoms. The number of rotatable bonds is 5. The van der Waals surface area contributed by atoms with E-state index >= 15 is 0 Å². The summed E-state index contributed by atoms with van der Waals surface area (Å²) < 4.78 is 5.42. The van der Waals surface area contributed by atoms with Crippen molar-refractivity contribution < 1.29 is 14.3 Å². The highest BCUT2D eigenvalue weighted by atomic mass is 16.6. The molecule has 2 rings (SSSR count). The van der Waals surface area contributed by atoms with Crippen LogP contribution in [0.2, 0.25) is 0 Å². The quantitative estimate of drug-likeness (QED) is 0.828. The Bertz CT molecular complexity index is 557. The summed E-state index contributed by atoms with van der Waals surface area (Å²) in [5.41, 5.74) is -0.116. The van der Waals surface area contributed by atoms with Crippen LogP contribution in [0.5, 0.6) is 0 Å². The molecule has 1 N–H and O–H groups in total. The molecule has 0 bridgehead atoms. The van der Waals surface area contributed by atoms with Crippen LogP contribution in [0.3, 0.4) is 0 Å². The molecule has 1 saturated heterocycles. The van der Waals surface area contributed by atoms with Crippen LogP contribution >= 0.6 is 0 Å². The SMILES string of the molecule is CC(C)(C)OC(=O)N1CCCC(CNCC(=O)c2cnccn2)C1. The van der Waals surface area contributed by atoms with Crippen LogP contribution in [0.1, 0.15) is 44.1 Å². The standard InChI is InChI=1S/C17H26N4O3/c1-17(2,3)24-16(23)21-8-4-5-13(12-21)9-19-11-15(22)14-10-18-6-7-20-14/h6-7,10,13,19H,4-5,8-9,11-12H2,1-3H3. The van der Waals surface area contributed by atoms with Crippen molar-refractivity contribution in [3.63, 3.8) is 0 Å². The minimum absolute atomic E-state index is 0.0806. The van der Waals surface area contributed by atoms with Gasteiger partial charge in [0.25, 0.3) is 0 Å². The van der Waals surface area contributed by atoms with Crippen molar-refractivity contribution >= 4 is 11.9 Å². The van der Waals surface area contributed by atoms with Crippen molar-refractivity contribution in [3.8, 4) is 0 Å². The first-order chi connectivity index (χ1) is 11.3. The lowest BCUT2D eigenvalue weighted by molar-refractivity contribution is 0.0166. The number of aromatic nitrogens is 2. The van der Waals surface area contributed by atoms with E-state index in [4.69, 9.17) is 4.74 Å². The predicted molar refractivity (Wildman–Crippen MR) is 89.8 cm³/mol. The molecule has 1 fully saturated rings. The first-order valence-corrected chi connectivity index (χ1v) is 8.33. The van der Waals surface area contributed by atoms with Crippen LogP contribution in [-0.2, 0) is 4.74 Å². The Morgan fingerprint density at radius 1 is 1.38 bits per heavy atom. The second kappa shape index (κ2) is 8.19. The Morgan fingerprint density at radius 2 is 2.17 bits per heavy atom. The summed E-state index contributed by atoms with van der Waals surface area (Å²) in [7, 11) is 0. The topological polar surface area (TPSA) is 84.4 Å². The molecule has 1 aromatic heterocycles. The molecule has 1 atom stereocenters. The van der Waals surface area contributed by atoms with Crippen LogP contribution in [0.4, 0.5) is 4.79 Å². The first-order valence-electron chi connectivity index (χ1n) is 8.33. The highest BCUT2D eigenvalue weighted by molar-refractivity contribution is 5.95. The second-order valence-electron chi connectivity index (χ2n) is 7.08. The molecular weight excluding hydrogens is 308 g/mol. The van der Waals surface area contributed by atoms with Gasteiger partial charge in [-0.05, 0) is 39.5 Å². The Balaban J connectivity index is 1.75. The maximum absolute atomic E-state index is 12.1. The number of ketones is 1. The van der Waals surface area contributed by atoms with Gasteiger partial charge in [-0.15, -0.1) is 0 Å². The molecule has 0 radical (unpaired) electrons. The summed E-state index contributed by atoms with van der Waals surface area (Å²) >= 11 is 0. The first kappa shape index (κ1) is 18.3. The maximum Gasteiger partial charge on any atom is 0.410 e.